The number of nitrogens with zero attached hydrogens (tertiary/aromatic N) is 4. The van der Waals surface area contributed by atoms with Gasteiger partial charge in [0, 0.05) is 36.5 Å². The molecule has 1 aliphatic carbocycles. The summed E-state index contributed by atoms with van der Waals surface area (Å²) < 4.78 is 0. The highest BCUT2D eigenvalue weighted by Gasteiger charge is 2.38. The second-order valence-corrected chi connectivity index (χ2v) is 17.1. The Kier molecular flexibility index (Phi) is 11.8. The summed E-state index contributed by atoms with van der Waals surface area (Å²) in [4.78, 5) is 54.0. The fraction of sp³-hybridized carbons (Fsp3) is 0.585. The summed E-state index contributed by atoms with van der Waals surface area (Å²) in [6.07, 6.45) is 16.0. The number of piperidine rings is 1. The van der Waals surface area contributed by atoms with Crippen molar-refractivity contribution in [2.75, 3.05) is 24.5 Å². The molecule has 0 spiro atoms. The summed E-state index contributed by atoms with van der Waals surface area (Å²) in [6.45, 7) is 11.1. The molecular weight excluding hydrogens is 659 g/mol. The first-order valence-electron chi connectivity index (χ1n) is 19.1. The lowest BCUT2D eigenvalue weighted by Gasteiger charge is -2.39. The van der Waals surface area contributed by atoms with Crippen molar-refractivity contribution in [2.24, 2.45) is 17.8 Å². The average molecular weight is 714 g/mol. The number of aliphatic carboxylic acids is 1. The van der Waals surface area contributed by atoms with Gasteiger partial charge in [0.05, 0.1) is 23.0 Å². The van der Waals surface area contributed by atoms with Gasteiger partial charge in [-0.15, -0.1) is 11.3 Å². The van der Waals surface area contributed by atoms with Crippen molar-refractivity contribution in [1.82, 2.24) is 20.2 Å². The maximum atomic E-state index is 13.8. The van der Waals surface area contributed by atoms with E-state index in [1.54, 1.807) is 6.07 Å². The monoisotopic (exact) mass is 713 g/mol. The molecule has 3 aliphatic rings. The first kappa shape index (κ1) is 37.0. The molecule has 2 amide bonds. The third-order valence-electron chi connectivity index (χ3n) is 11.4. The Morgan fingerprint density at radius 1 is 0.902 bits per heavy atom. The number of nitrogens with one attached hydrogen (secondary N) is 1. The van der Waals surface area contributed by atoms with Crippen LogP contribution in [0.2, 0.25) is 0 Å². The Morgan fingerprint density at radius 3 is 2.18 bits per heavy atom. The quantitative estimate of drug-likeness (QED) is 0.209. The van der Waals surface area contributed by atoms with Crippen LogP contribution in [-0.4, -0.2) is 69.5 Å². The Bertz CT molecular complexity index is 1630. The molecule has 2 atom stereocenters. The molecule has 3 fully saturated rings. The van der Waals surface area contributed by atoms with E-state index in [1.165, 1.54) is 67.6 Å². The zero-order chi connectivity index (χ0) is 36.1. The topological polar surface area (TPSA) is 116 Å². The number of carboxylic acids is 1. The van der Waals surface area contributed by atoms with Crippen LogP contribution in [0.15, 0.2) is 48.8 Å². The van der Waals surface area contributed by atoms with Crippen LogP contribution in [0.3, 0.4) is 0 Å². The van der Waals surface area contributed by atoms with E-state index < -0.39 is 18.1 Å². The summed E-state index contributed by atoms with van der Waals surface area (Å²) in [7, 11) is 0. The molecule has 1 saturated carbocycles. The van der Waals surface area contributed by atoms with E-state index in [0.717, 1.165) is 52.5 Å². The summed E-state index contributed by atoms with van der Waals surface area (Å²) in [6, 6.07) is 9.71. The lowest BCUT2D eigenvalue weighted by atomic mass is 9.72. The number of likely N-dealkylation sites (tertiary alicyclic amines) is 1. The number of hydrogen-bond donors (Lipinski definition) is 2. The number of anilines is 1. The number of rotatable bonds is 11. The minimum absolute atomic E-state index is 0.0989. The predicted octanol–water partition coefficient (Wildman–Crippen LogP) is 7.74. The van der Waals surface area contributed by atoms with Gasteiger partial charge in [-0.2, -0.15) is 0 Å². The molecule has 2 saturated heterocycles. The first-order chi connectivity index (χ1) is 24.5. The van der Waals surface area contributed by atoms with Crippen molar-refractivity contribution >= 4 is 34.8 Å². The molecule has 0 unspecified atom stereocenters. The van der Waals surface area contributed by atoms with E-state index in [9.17, 15) is 19.5 Å². The van der Waals surface area contributed by atoms with Crippen molar-refractivity contribution in [1.29, 1.82) is 0 Å². The van der Waals surface area contributed by atoms with Crippen molar-refractivity contribution in [3.05, 3.63) is 64.1 Å². The molecule has 1 aromatic carbocycles. The highest BCUT2D eigenvalue weighted by Crippen LogP contribution is 2.40. The van der Waals surface area contributed by atoms with Crippen molar-refractivity contribution in [3.63, 3.8) is 0 Å². The number of thiophene rings is 1. The molecule has 0 bridgehead atoms. The van der Waals surface area contributed by atoms with E-state index in [1.807, 2.05) is 42.7 Å². The number of carbonyl (C=O) groups excluding carboxylic acids is 2. The molecule has 2 aliphatic heterocycles. The van der Waals surface area contributed by atoms with E-state index in [-0.39, 0.29) is 23.7 Å². The van der Waals surface area contributed by atoms with Crippen LogP contribution in [0.1, 0.15) is 112 Å². The normalized spacial score (nSPS) is 22.2. The zero-order valence-electron chi connectivity index (χ0n) is 30.8. The second-order valence-electron chi connectivity index (χ2n) is 16.0. The fourth-order valence-electron chi connectivity index (χ4n) is 8.42. The maximum absolute atomic E-state index is 13.8. The molecule has 0 radical (unpaired) electrons. The fourth-order valence-corrected chi connectivity index (χ4v) is 9.39. The molecule has 274 valence electrons. The molecule has 2 aromatic heterocycles. The van der Waals surface area contributed by atoms with Gasteiger partial charge >= 0.3 is 5.97 Å². The SMILES string of the molecule is CCC[C@H]1CC[C@H](C2CCN(c3cnc(-c4ccc(C[C@H](NC(=O)c5ccc(C(C)(C)C)s5)C(=O)N5CCC[C@H]5C(=O)O)cc4)nc3)CC2)CC1. The van der Waals surface area contributed by atoms with Gasteiger partial charge in [0.15, 0.2) is 5.82 Å². The average Bonchev–Trinajstić information content (AvgIpc) is 3.84. The molecule has 9 nitrogen and oxygen atoms in total. The Hall–Kier alpha value is -3.79. The number of benzene rings is 1. The largest absolute Gasteiger partial charge is 0.480 e. The zero-order valence-corrected chi connectivity index (χ0v) is 31.6. The van der Waals surface area contributed by atoms with Crippen molar-refractivity contribution < 1.29 is 19.5 Å². The summed E-state index contributed by atoms with van der Waals surface area (Å²) in [5, 5.41) is 12.7. The summed E-state index contributed by atoms with van der Waals surface area (Å²) in [5.74, 6) is 1.63. The molecule has 4 heterocycles. The van der Waals surface area contributed by atoms with Gasteiger partial charge in [-0.25, -0.2) is 14.8 Å². The predicted molar refractivity (Wildman–Crippen MR) is 203 cm³/mol. The second kappa shape index (κ2) is 16.3. The molecule has 2 N–H and O–H groups in total. The van der Waals surface area contributed by atoms with E-state index in [4.69, 9.17) is 9.97 Å². The van der Waals surface area contributed by atoms with Crippen LogP contribution in [0.5, 0.6) is 0 Å². The molecule has 51 heavy (non-hydrogen) atoms. The Balaban J connectivity index is 1.08. The number of aromatic nitrogens is 2. The van der Waals surface area contributed by atoms with Gasteiger partial charge in [0.2, 0.25) is 5.91 Å². The van der Waals surface area contributed by atoms with E-state index in [0.29, 0.717) is 30.1 Å². The van der Waals surface area contributed by atoms with E-state index >= 15 is 0 Å². The Labute approximate surface area is 307 Å². The number of carboxylic acid groups (broad SMARTS) is 1. The van der Waals surface area contributed by atoms with Gasteiger partial charge in [-0.1, -0.05) is 77.6 Å². The van der Waals surface area contributed by atoms with E-state index in [2.05, 4.69) is 37.9 Å². The van der Waals surface area contributed by atoms with Crippen LogP contribution in [-0.2, 0) is 21.4 Å². The van der Waals surface area contributed by atoms with Gasteiger partial charge in [0.25, 0.3) is 5.91 Å². The highest BCUT2D eigenvalue weighted by molar-refractivity contribution is 7.14. The van der Waals surface area contributed by atoms with Crippen molar-refractivity contribution in [3.8, 4) is 11.4 Å². The van der Waals surface area contributed by atoms with Crippen LogP contribution in [0.25, 0.3) is 11.4 Å². The number of hydrogen-bond acceptors (Lipinski definition) is 7. The van der Waals surface area contributed by atoms with Gasteiger partial charge in [-0.05, 0) is 79.4 Å². The Morgan fingerprint density at radius 2 is 1.57 bits per heavy atom. The molecule has 6 rings (SSSR count). The minimum Gasteiger partial charge on any atom is -0.480 e. The van der Waals surface area contributed by atoms with Gasteiger partial charge < -0.3 is 20.2 Å². The number of amides is 2. The molecule has 3 aromatic rings. The lowest BCUT2D eigenvalue weighted by Crippen LogP contribution is -2.52. The molecule has 10 heteroatoms. The third kappa shape index (κ3) is 8.99. The highest BCUT2D eigenvalue weighted by atomic mass is 32.1. The van der Waals surface area contributed by atoms with Crippen LogP contribution < -0.4 is 10.2 Å². The van der Waals surface area contributed by atoms with Crippen LogP contribution in [0.4, 0.5) is 5.69 Å². The summed E-state index contributed by atoms with van der Waals surface area (Å²) in [5.41, 5.74) is 2.69. The third-order valence-corrected chi connectivity index (χ3v) is 13.0. The lowest BCUT2D eigenvalue weighted by molar-refractivity contribution is -0.148. The standard InChI is InChI=1S/C41H55N5O4S/c1-5-7-27-9-13-29(14-10-27)30-19-22-45(23-20-30)32-25-42-37(43-26-32)31-15-11-28(12-16-31)24-33(39(48)46-21-6-8-34(46)40(49)50)44-38(47)35-17-18-36(51-35)41(2,3)4/h11-12,15-18,25-27,29-30,33-34H,5-10,13-14,19-24H2,1-4H3,(H,44,47)(H,49,50)/t27-,29-,33-,34-/m0/s1. The van der Waals surface area contributed by atoms with Crippen LogP contribution >= 0.6 is 11.3 Å². The summed E-state index contributed by atoms with van der Waals surface area (Å²) >= 11 is 1.41. The smallest absolute Gasteiger partial charge is 0.326 e. The molecular formula is C41H55N5O4S. The van der Waals surface area contributed by atoms with Gasteiger partial charge in [-0.3, -0.25) is 9.59 Å². The first-order valence-corrected chi connectivity index (χ1v) is 19.9. The van der Waals surface area contributed by atoms with Gasteiger partial charge in [0.1, 0.15) is 12.1 Å². The van der Waals surface area contributed by atoms with Crippen LogP contribution in [0, 0.1) is 17.8 Å². The maximum Gasteiger partial charge on any atom is 0.326 e. The van der Waals surface area contributed by atoms with Crippen molar-refractivity contribution in [2.45, 2.75) is 116 Å². The minimum atomic E-state index is -1.02. The number of carbonyl (C=O) groups is 3.